The minimum absolute atomic E-state index is 0.0789. The molecule has 0 aliphatic heterocycles. The first-order chi connectivity index (χ1) is 14.0. The first-order valence-electron chi connectivity index (χ1n) is 8.58. The fourth-order valence-electron chi connectivity index (χ4n) is 2.75. The van der Waals surface area contributed by atoms with Gasteiger partial charge in [-0.2, -0.15) is 0 Å². The molecule has 4 aromatic rings. The normalized spacial score (nSPS) is 10.7. The summed E-state index contributed by atoms with van der Waals surface area (Å²) in [5, 5.41) is 5.78. The average Bonchev–Trinajstić information content (AvgIpc) is 3.20. The molecular formula is C22H13ClF2N2OS. The lowest BCUT2D eigenvalue weighted by Crippen LogP contribution is -2.13. The number of benzene rings is 3. The van der Waals surface area contributed by atoms with E-state index in [2.05, 4.69) is 10.3 Å². The van der Waals surface area contributed by atoms with Gasteiger partial charge in [0.25, 0.3) is 5.91 Å². The van der Waals surface area contributed by atoms with E-state index < -0.39 is 17.5 Å². The van der Waals surface area contributed by atoms with Crippen molar-refractivity contribution in [3.05, 3.63) is 94.3 Å². The summed E-state index contributed by atoms with van der Waals surface area (Å²) >= 11 is 7.70. The number of amides is 1. The van der Waals surface area contributed by atoms with Crippen LogP contribution in [-0.2, 0) is 0 Å². The van der Waals surface area contributed by atoms with E-state index in [1.54, 1.807) is 24.3 Å². The Balaban J connectivity index is 1.52. The molecule has 0 saturated heterocycles. The Morgan fingerprint density at radius 1 is 1.00 bits per heavy atom. The summed E-state index contributed by atoms with van der Waals surface area (Å²) in [4.78, 5) is 16.9. The molecule has 7 heteroatoms. The third-order valence-corrected chi connectivity index (χ3v) is 5.45. The zero-order valence-corrected chi connectivity index (χ0v) is 16.4. The first kappa shape index (κ1) is 19.2. The van der Waals surface area contributed by atoms with Crippen LogP contribution in [0.1, 0.15) is 10.4 Å². The highest BCUT2D eigenvalue weighted by Gasteiger charge is 2.12. The molecule has 3 nitrogen and oxygen atoms in total. The molecule has 4 rings (SSSR count). The number of nitrogens with one attached hydrogen (secondary N) is 1. The highest BCUT2D eigenvalue weighted by atomic mass is 35.5. The fourth-order valence-corrected chi connectivity index (χ4v) is 3.81. The van der Waals surface area contributed by atoms with Gasteiger partial charge in [-0.1, -0.05) is 41.9 Å². The minimum atomic E-state index is -0.829. The lowest BCUT2D eigenvalue weighted by atomic mass is 10.1. The minimum Gasteiger partial charge on any atom is -0.319 e. The van der Waals surface area contributed by atoms with Crippen molar-refractivity contribution in [1.29, 1.82) is 0 Å². The van der Waals surface area contributed by atoms with Gasteiger partial charge in [-0.05, 0) is 30.3 Å². The maximum Gasteiger partial charge on any atom is 0.255 e. The van der Waals surface area contributed by atoms with Gasteiger partial charge in [0.05, 0.1) is 11.4 Å². The van der Waals surface area contributed by atoms with Gasteiger partial charge < -0.3 is 5.32 Å². The third kappa shape index (κ3) is 4.18. The van der Waals surface area contributed by atoms with Gasteiger partial charge in [-0.3, -0.25) is 4.79 Å². The standard InChI is InChI=1S/C22H13ClF2N2OS/c23-17-4-2-1-3-16(17)20-12-29-22(27-20)14-7-5-13(6-8-14)21(28)26-19-10-9-15(24)11-18(19)25/h1-12H,(H,26,28). The van der Waals surface area contributed by atoms with Crippen molar-refractivity contribution in [1.82, 2.24) is 4.98 Å². The molecule has 1 heterocycles. The van der Waals surface area contributed by atoms with Gasteiger partial charge in [0.15, 0.2) is 0 Å². The Kier molecular flexibility index (Phi) is 5.38. The highest BCUT2D eigenvalue weighted by molar-refractivity contribution is 7.13. The highest BCUT2D eigenvalue weighted by Crippen LogP contribution is 2.32. The van der Waals surface area contributed by atoms with Crippen LogP contribution in [-0.4, -0.2) is 10.9 Å². The second-order valence-corrected chi connectivity index (χ2v) is 7.44. The number of aromatic nitrogens is 1. The van der Waals surface area contributed by atoms with E-state index in [0.29, 0.717) is 10.6 Å². The molecule has 0 unspecified atom stereocenters. The molecule has 1 aromatic heterocycles. The van der Waals surface area contributed by atoms with Crippen molar-refractivity contribution in [3.63, 3.8) is 0 Å². The Labute approximate surface area is 174 Å². The van der Waals surface area contributed by atoms with Crippen LogP contribution in [0.2, 0.25) is 5.02 Å². The molecular weight excluding hydrogens is 414 g/mol. The maximum atomic E-state index is 13.7. The summed E-state index contributed by atoms with van der Waals surface area (Å²) in [6.07, 6.45) is 0. The molecule has 1 N–H and O–H groups in total. The van der Waals surface area contributed by atoms with Gasteiger partial charge >= 0.3 is 0 Å². The Morgan fingerprint density at radius 2 is 1.76 bits per heavy atom. The number of carbonyl (C=O) groups is 1. The summed E-state index contributed by atoms with van der Waals surface area (Å²) in [7, 11) is 0. The molecule has 0 bridgehead atoms. The van der Waals surface area contributed by atoms with Crippen LogP contribution >= 0.6 is 22.9 Å². The van der Waals surface area contributed by atoms with Gasteiger partial charge in [0, 0.05) is 33.2 Å². The number of anilines is 1. The van der Waals surface area contributed by atoms with E-state index in [-0.39, 0.29) is 5.69 Å². The molecule has 29 heavy (non-hydrogen) atoms. The van der Waals surface area contributed by atoms with E-state index in [4.69, 9.17) is 11.6 Å². The fraction of sp³-hybridized carbons (Fsp3) is 0. The molecule has 3 aromatic carbocycles. The Bertz CT molecular complexity index is 1190. The van der Waals surface area contributed by atoms with Crippen LogP contribution in [0.5, 0.6) is 0 Å². The molecule has 0 spiro atoms. The number of nitrogens with zero attached hydrogens (tertiary/aromatic N) is 1. The van der Waals surface area contributed by atoms with Crippen LogP contribution in [0.3, 0.4) is 0 Å². The predicted molar refractivity (Wildman–Crippen MR) is 112 cm³/mol. The number of hydrogen-bond donors (Lipinski definition) is 1. The molecule has 0 fully saturated rings. The lowest BCUT2D eigenvalue weighted by molar-refractivity contribution is 0.102. The number of hydrogen-bond acceptors (Lipinski definition) is 3. The third-order valence-electron chi connectivity index (χ3n) is 4.23. The zero-order chi connectivity index (χ0) is 20.4. The average molecular weight is 427 g/mol. The second-order valence-electron chi connectivity index (χ2n) is 6.17. The quantitative estimate of drug-likeness (QED) is 0.396. The summed E-state index contributed by atoms with van der Waals surface area (Å²) in [6, 6.07) is 17.3. The predicted octanol–water partition coefficient (Wildman–Crippen LogP) is 6.66. The molecule has 0 aliphatic rings. The second kappa shape index (κ2) is 8.11. The number of halogens is 3. The SMILES string of the molecule is O=C(Nc1ccc(F)cc1F)c1ccc(-c2nc(-c3ccccc3Cl)cs2)cc1. The first-order valence-corrected chi connectivity index (χ1v) is 9.84. The monoisotopic (exact) mass is 426 g/mol. The topological polar surface area (TPSA) is 42.0 Å². The van der Waals surface area contributed by atoms with Gasteiger partial charge in [-0.25, -0.2) is 13.8 Å². The van der Waals surface area contributed by atoms with Crippen molar-refractivity contribution in [2.24, 2.45) is 0 Å². The molecule has 144 valence electrons. The molecule has 1 amide bonds. The van der Waals surface area contributed by atoms with Crippen LogP contribution < -0.4 is 5.32 Å². The van der Waals surface area contributed by atoms with Crippen LogP contribution in [0.15, 0.2) is 72.1 Å². The largest absolute Gasteiger partial charge is 0.319 e. The van der Waals surface area contributed by atoms with Crippen molar-refractivity contribution < 1.29 is 13.6 Å². The number of carbonyl (C=O) groups excluding carboxylic acids is 1. The lowest BCUT2D eigenvalue weighted by Gasteiger charge is -2.07. The zero-order valence-electron chi connectivity index (χ0n) is 14.8. The summed E-state index contributed by atoms with van der Waals surface area (Å²) in [5.41, 5.74) is 2.75. The molecule has 0 saturated carbocycles. The van der Waals surface area contributed by atoms with E-state index >= 15 is 0 Å². The summed E-state index contributed by atoms with van der Waals surface area (Å²) < 4.78 is 26.7. The van der Waals surface area contributed by atoms with Gasteiger partial charge in [0.1, 0.15) is 16.6 Å². The number of thiazole rings is 1. The van der Waals surface area contributed by atoms with Crippen LogP contribution in [0.4, 0.5) is 14.5 Å². The summed E-state index contributed by atoms with van der Waals surface area (Å²) in [6.45, 7) is 0. The van der Waals surface area contributed by atoms with E-state index in [0.717, 1.165) is 34.0 Å². The summed E-state index contributed by atoms with van der Waals surface area (Å²) in [5.74, 6) is -2.02. The maximum absolute atomic E-state index is 13.7. The van der Waals surface area contributed by atoms with Crippen molar-refractivity contribution >= 4 is 34.5 Å². The van der Waals surface area contributed by atoms with Gasteiger partial charge in [0.2, 0.25) is 0 Å². The number of rotatable bonds is 4. The van der Waals surface area contributed by atoms with E-state index in [1.165, 1.54) is 17.4 Å². The van der Waals surface area contributed by atoms with E-state index in [1.807, 2.05) is 29.6 Å². The van der Waals surface area contributed by atoms with Gasteiger partial charge in [-0.15, -0.1) is 11.3 Å². The Morgan fingerprint density at radius 3 is 2.48 bits per heavy atom. The van der Waals surface area contributed by atoms with Crippen molar-refractivity contribution in [2.75, 3.05) is 5.32 Å². The Hall–Kier alpha value is -3.09. The van der Waals surface area contributed by atoms with Crippen molar-refractivity contribution in [3.8, 4) is 21.8 Å². The smallest absolute Gasteiger partial charge is 0.255 e. The van der Waals surface area contributed by atoms with Crippen LogP contribution in [0.25, 0.3) is 21.8 Å². The molecule has 0 aliphatic carbocycles. The molecule has 0 radical (unpaired) electrons. The van der Waals surface area contributed by atoms with Crippen molar-refractivity contribution in [2.45, 2.75) is 0 Å². The van der Waals surface area contributed by atoms with Crippen LogP contribution in [0, 0.1) is 11.6 Å². The van der Waals surface area contributed by atoms with E-state index in [9.17, 15) is 13.6 Å². The molecule has 0 atom stereocenters.